The molecule has 0 heterocycles. The van der Waals surface area contributed by atoms with Gasteiger partial charge in [-0.3, -0.25) is 9.59 Å². The van der Waals surface area contributed by atoms with Gasteiger partial charge >= 0.3 is 0 Å². The molecular formula is C13H20ClN3O2. The van der Waals surface area contributed by atoms with Crippen LogP contribution in [0.25, 0.3) is 0 Å². The molecule has 0 saturated heterocycles. The monoisotopic (exact) mass is 285 g/mol. The Bertz CT molecular complexity index is 450. The molecule has 6 heteroatoms. The second-order valence-corrected chi connectivity index (χ2v) is 3.97. The number of hydrogen-bond acceptors (Lipinski definition) is 3. The van der Waals surface area contributed by atoms with E-state index < -0.39 is 0 Å². The van der Waals surface area contributed by atoms with Gasteiger partial charge < -0.3 is 16.0 Å². The Labute approximate surface area is 119 Å². The maximum Gasteiger partial charge on any atom is 0.251 e. The number of carbonyl (C=O) groups is 2. The standard InChI is InChI=1S/C13H19N3O2.ClH/c1-4-15-13(18)10-6-5-9(2)11(7-10)16-12(17)8-14-3;/h5-7,14H,4,8H2,1-3H3,(H,15,18)(H,16,17);1H. The average Bonchev–Trinajstić information content (AvgIpc) is 2.32. The second kappa shape index (κ2) is 8.50. The molecule has 106 valence electrons. The molecule has 0 radical (unpaired) electrons. The quantitative estimate of drug-likeness (QED) is 0.764. The highest BCUT2D eigenvalue weighted by Crippen LogP contribution is 2.16. The number of benzene rings is 1. The maximum absolute atomic E-state index is 11.7. The number of aryl methyl sites for hydroxylation is 1. The number of likely N-dealkylation sites (N-methyl/N-ethyl adjacent to an activating group) is 1. The Morgan fingerprint density at radius 2 is 1.95 bits per heavy atom. The second-order valence-electron chi connectivity index (χ2n) is 3.97. The Balaban J connectivity index is 0.00000324. The Kier molecular flexibility index (Phi) is 7.79. The van der Waals surface area contributed by atoms with Crippen molar-refractivity contribution in [1.82, 2.24) is 10.6 Å². The predicted molar refractivity (Wildman–Crippen MR) is 79.0 cm³/mol. The van der Waals surface area contributed by atoms with Gasteiger partial charge in [-0.2, -0.15) is 0 Å². The van der Waals surface area contributed by atoms with Crippen LogP contribution in [-0.4, -0.2) is 32.0 Å². The first-order valence-corrected chi connectivity index (χ1v) is 5.91. The highest BCUT2D eigenvalue weighted by molar-refractivity contribution is 5.98. The number of carbonyl (C=O) groups excluding carboxylic acids is 2. The number of hydrogen-bond donors (Lipinski definition) is 3. The van der Waals surface area contributed by atoms with Crippen LogP contribution in [0.3, 0.4) is 0 Å². The van der Waals surface area contributed by atoms with Gasteiger partial charge in [0.15, 0.2) is 0 Å². The molecule has 1 aromatic carbocycles. The van der Waals surface area contributed by atoms with Crippen molar-refractivity contribution in [2.75, 3.05) is 25.5 Å². The topological polar surface area (TPSA) is 70.2 Å². The summed E-state index contributed by atoms with van der Waals surface area (Å²) in [6.07, 6.45) is 0. The van der Waals surface area contributed by atoms with Gasteiger partial charge in [0.25, 0.3) is 5.91 Å². The molecular weight excluding hydrogens is 266 g/mol. The fourth-order valence-electron chi connectivity index (χ4n) is 1.52. The summed E-state index contributed by atoms with van der Waals surface area (Å²) in [7, 11) is 1.71. The highest BCUT2D eigenvalue weighted by Gasteiger charge is 2.09. The molecule has 0 spiro atoms. The van der Waals surface area contributed by atoms with Crippen molar-refractivity contribution in [3.8, 4) is 0 Å². The van der Waals surface area contributed by atoms with Crippen molar-refractivity contribution in [3.63, 3.8) is 0 Å². The summed E-state index contributed by atoms with van der Waals surface area (Å²) in [5.74, 6) is -0.268. The Morgan fingerprint density at radius 3 is 2.53 bits per heavy atom. The van der Waals surface area contributed by atoms with Crippen LogP contribution in [0.2, 0.25) is 0 Å². The minimum Gasteiger partial charge on any atom is -0.352 e. The van der Waals surface area contributed by atoms with E-state index in [9.17, 15) is 9.59 Å². The van der Waals surface area contributed by atoms with Crippen LogP contribution in [-0.2, 0) is 4.79 Å². The molecule has 2 amide bonds. The van der Waals surface area contributed by atoms with Gasteiger partial charge in [-0.1, -0.05) is 6.07 Å². The smallest absolute Gasteiger partial charge is 0.251 e. The van der Waals surface area contributed by atoms with Crippen LogP contribution in [0, 0.1) is 6.92 Å². The number of nitrogens with one attached hydrogen (secondary N) is 3. The van der Waals surface area contributed by atoms with Crippen molar-refractivity contribution in [2.45, 2.75) is 13.8 Å². The maximum atomic E-state index is 11.7. The fourth-order valence-corrected chi connectivity index (χ4v) is 1.52. The molecule has 0 aliphatic rings. The Morgan fingerprint density at radius 1 is 1.26 bits per heavy atom. The van der Waals surface area contributed by atoms with Crippen LogP contribution in [0.1, 0.15) is 22.8 Å². The summed E-state index contributed by atoms with van der Waals surface area (Å²) in [4.78, 5) is 23.2. The van der Waals surface area contributed by atoms with E-state index in [0.29, 0.717) is 17.8 Å². The highest BCUT2D eigenvalue weighted by atomic mass is 35.5. The van der Waals surface area contributed by atoms with E-state index in [-0.39, 0.29) is 30.8 Å². The number of anilines is 1. The zero-order valence-corrected chi connectivity index (χ0v) is 12.2. The van der Waals surface area contributed by atoms with E-state index >= 15 is 0 Å². The zero-order valence-electron chi connectivity index (χ0n) is 11.4. The zero-order chi connectivity index (χ0) is 13.5. The molecule has 3 N–H and O–H groups in total. The van der Waals surface area contributed by atoms with E-state index in [4.69, 9.17) is 0 Å². The van der Waals surface area contributed by atoms with E-state index in [1.807, 2.05) is 19.9 Å². The molecule has 0 saturated carbocycles. The molecule has 0 aliphatic heterocycles. The lowest BCUT2D eigenvalue weighted by Crippen LogP contribution is -2.26. The van der Waals surface area contributed by atoms with E-state index in [0.717, 1.165) is 5.56 Å². The third-order valence-corrected chi connectivity index (χ3v) is 2.45. The number of halogens is 1. The fraction of sp³-hybridized carbons (Fsp3) is 0.385. The third kappa shape index (κ3) is 5.28. The van der Waals surface area contributed by atoms with Crippen molar-refractivity contribution in [3.05, 3.63) is 29.3 Å². The van der Waals surface area contributed by atoms with Gasteiger partial charge in [0.05, 0.1) is 6.54 Å². The molecule has 0 aliphatic carbocycles. The summed E-state index contributed by atoms with van der Waals surface area (Å²) in [5.41, 5.74) is 2.13. The lowest BCUT2D eigenvalue weighted by atomic mass is 10.1. The van der Waals surface area contributed by atoms with Crippen molar-refractivity contribution in [1.29, 1.82) is 0 Å². The van der Waals surface area contributed by atoms with Gasteiger partial charge in [0.2, 0.25) is 5.91 Å². The number of rotatable bonds is 5. The molecule has 0 bridgehead atoms. The SMILES string of the molecule is CCNC(=O)c1ccc(C)c(NC(=O)CNC)c1.Cl. The minimum absolute atomic E-state index is 0. The lowest BCUT2D eigenvalue weighted by Gasteiger charge is -2.10. The van der Waals surface area contributed by atoms with Crippen LogP contribution < -0.4 is 16.0 Å². The first-order chi connectivity index (χ1) is 8.58. The number of amides is 2. The molecule has 5 nitrogen and oxygen atoms in total. The first kappa shape index (κ1) is 17.4. The summed E-state index contributed by atoms with van der Waals surface area (Å²) >= 11 is 0. The van der Waals surface area contributed by atoms with Gasteiger partial charge in [0.1, 0.15) is 0 Å². The first-order valence-electron chi connectivity index (χ1n) is 5.91. The van der Waals surface area contributed by atoms with Crippen LogP contribution >= 0.6 is 12.4 Å². The van der Waals surface area contributed by atoms with Gasteiger partial charge in [-0.05, 0) is 38.6 Å². The molecule has 0 unspecified atom stereocenters. The molecule has 0 fully saturated rings. The van der Waals surface area contributed by atoms with E-state index in [1.54, 1.807) is 19.2 Å². The van der Waals surface area contributed by atoms with E-state index in [2.05, 4.69) is 16.0 Å². The normalized spacial score (nSPS) is 9.42. The largest absolute Gasteiger partial charge is 0.352 e. The van der Waals surface area contributed by atoms with Crippen LogP contribution in [0.4, 0.5) is 5.69 Å². The predicted octanol–water partition coefficient (Wildman–Crippen LogP) is 1.32. The van der Waals surface area contributed by atoms with Crippen molar-refractivity contribution < 1.29 is 9.59 Å². The summed E-state index contributed by atoms with van der Waals surface area (Å²) < 4.78 is 0. The van der Waals surface area contributed by atoms with Crippen molar-refractivity contribution >= 4 is 29.9 Å². The molecule has 1 aromatic rings. The molecule has 0 atom stereocenters. The minimum atomic E-state index is -0.137. The Hall–Kier alpha value is -1.59. The van der Waals surface area contributed by atoms with Gasteiger partial charge in [-0.15, -0.1) is 12.4 Å². The third-order valence-electron chi connectivity index (χ3n) is 2.45. The summed E-state index contributed by atoms with van der Waals surface area (Å²) in [6.45, 7) is 4.57. The molecule has 0 aromatic heterocycles. The summed E-state index contributed by atoms with van der Waals surface area (Å²) in [5, 5.41) is 8.26. The van der Waals surface area contributed by atoms with Gasteiger partial charge in [0, 0.05) is 17.8 Å². The van der Waals surface area contributed by atoms with Gasteiger partial charge in [-0.25, -0.2) is 0 Å². The summed E-state index contributed by atoms with van der Waals surface area (Å²) in [6, 6.07) is 5.25. The van der Waals surface area contributed by atoms with Crippen LogP contribution in [0.5, 0.6) is 0 Å². The lowest BCUT2D eigenvalue weighted by molar-refractivity contribution is -0.115. The molecule has 1 rings (SSSR count). The average molecular weight is 286 g/mol. The van der Waals surface area contributed by atoms with Crippen LogP contribution in [0.15, 0.2) is 18.2 Å². The van der Waals surface area contributed by atoms with Crippen molar-refractivity contribution in [2.24, 2.45) is 0 Å². The molecule has 19 heavy (non-hydrogen) atoms. The van der Waals surface area contributed by atoms with E-state index in [1.165, 1.54) is 0 Å².